The summed E-state index contributed by atoms with van der Waals surface area (Å²) in [6.45, 7) is 2.34. The summed E-state index contributed by atoms with van der Waals surface area (Å²) in [4.78, 5) is 4.27. The van der Waals surface area contributed by atoms with Crippen LogP contribution in [0.1, 0.15) is 34.1 Å². The molecule has 4 rings (SSSR count). The summed E-state index contributed by atoms with van der Waals surface area (Å²) in [6, 6.07) is 21.5. The van der Waals surface area contributed by atoms with E-state index in [1.807, 2.05) is 67.1 Å². The van der Waals surface area contributed by atoms with Crippen LogP contribution in [0.2, 0.25) is 10.0 Å². The maximum absolute atomic E-state index is 9.71. The number of aromatic nitrogens is 2. The smallest absolute Gasteiger partial charge is 0.124 e. The van der Waals surface area contributed by atoms with Crippen LogP contribution in [0, 0.1) is 18.3 Å². The normalized spacial score (nSPS) is 11.5. The van der Waals surface area contributed by atoms with Crippen LogP contribution >= 0.6 is 35.6 Å². The Labute approximate surface area is 209 Å². The monoisotopic (exact) mass is 497 g/mol. The fourth-order valence-corrected chi connectivity index (χ4v) is 4.17. The van der Waals surface area contributed by atoms with E-state index in [9.17, 15) is 5.26 Å². The van der Waals surface area contributed by atoms with E-state index < -0.39 is 6.10 Å². The van der Waals surface area contributed by atoms with Gasteiger partial charge in [-0.05, 0) is 53.4 Å². The highest BCUT2D eigenvalue weighted by Gasteiger charge is 2.21. The minimum atomic E-state index is -0.398. The standard InChI is InChI=1S/C26H21Cl2N3O.ClH/c1-17-5-3-4-6-22(17)23-11-18(7-8-19(23)13-29)26(25-14-30-16-31(25)2)32-15-20-9-10-21(27)12-24(20)28;/h3-12,14,16,26H,15H2,1-2H3;1H. The molecular formula is C26H22Cl3N3O. The van der Waals surface area contributed by atoms with E-state index in [4.69, 9.17) is 27.9 Å². The van der Waals surface area contributed by atoms with Gasteiger partial charge in [-0.25, -0.2) is 4.98 Å². The molecule has 33 heavy (non-hydrogen) atoms. The van der Waals surface area contributed by atoms with Crippen LogP contribution < -0.4 is 0 Å². The van der Waals surface area contributed by atoms with Gasteiger partial charge in [0.1, 0.15) is 6.10 Å². The summed E-state index contributed by atoms with van der Waals surface area (Å²) < 4.78 is 8.31. The van der Waals surface area contributed by atoms with Crippen LogP contribution in [-0.4, -0.2) is 9.55 Å². The molecule has 3 aromatic carbocycles. The molecule has 4 aromatic rings. The molecule has 0 aliphatic heterocycles. The fourth-order valence-electron chi connectivity index (χ4n) is 3.70. The second kappa shape index (κ2) is 10.9. The summed E-state index contributed by atoms with van der Waals surface area (Å²) >= 11 is 12.4. The molecule has 168 valence electrons. The number of rotatable bonds is 6. The Hall–Kier alpha value is -2.81. The number of imidazole rings is 1. The maximum atomic E-state index is 9.71. The van der Waals surface area contributed by atoms with Gasteiger partial charge in [0, 0.05) is 22.7 Å². The highest BCUT2D eigenvalue weighted by molar-refractivity contribution is 6.35. The highest BCUT2D eigenvalue weighted by atomic mass is 35.5. The van der Waals surface area contributed by atoms with Gasteiger partial charge < -0.3 is 9.30 Å². The molecule has 0 radical (unpaired) electrons. The number of hydrogen-bond donors (Lipinski definition) is 0. The van der Waals surface area contributed by atoms with Gasteiger partial charge in [0.25, 0.3) is 0 Å². The second-order valence-corrected chi connectivity index (χ2v) is 8.43. The van der Waals surface area contributed by atoms with Gasteiger partial charge in [-0.15, -0.1) is 12.4 Å². The summed E-state index contributed by atoms with van der Waals surface area (Å²) in [6.07, 6.45) is 3.14. The molecule has 1 heterocycles. The van der Waals surface area contributed by atoms with Gasteiger partial charge in [-0.3, -0.25) is 0 Å². The van der Waals surface area contributed by atoms with Gasteiger partial charge in [0.2, 0.25) is 0 Å². The van der Waals surface area contributed by atoms with Crippen molar-refractivity contribution in [3.05, 3.63) is 111 Å². The van der Waals surface area contributed by atoms with Crippen LogP contribution in [-0.2, 0) is 18.4 Å². The zero-order valence-electron chi connectivity index (χ0n) is 18.1. The lowest BCUT2D eigenvalue weighted by Gasteiger charge is -2.21. The molecule has 4 nitrogen and oxygen atoms in total. The number of hydrogen-bond acceptors (Lipinski definition) is 3. The van der Waals surface area contributed by atoms with Crippen molar-refractivity contribution in [2.24, 2.45) is 7.05 Å². The molecule has 0 aliphatic carbocycles. The van der Waals surface area contributed by atoms with Crippen molar-refractivity contribution in [2.45, 2.75) is 19.6 Å². The van der Waals surface area contributed by atoms with Crippen molar-refractivity contribution in [1.82, 2.24) is 9.55 Å². The van der Waals surface area contributed by atoms with Crippen LogP contribution in [0.5, 0.6) is 0 Å². The molecule has 0 N–H and O–H groups in total. The van der Waals surface area contributed by atoms with Gasteiger partial charge in [-0.1, -0.05) is 59.6 Å². The van der Waals surface area contributed by atoms with Crippen molar-refractivity contribution in [3.8, 4) is 17.2 Å². The van der Waals surface area contributed by atoms with E-state index in [0.29, 0.717) is 22.2 Å². The number of halogens is 3. The molecule has 1 unspecified atom stereocenters. The van der Waals surface area contributed by atoms with Crippen molar-refractivity contribution >= 4 is 35.6 Å². The van der Waals surface area contributed by atoms with Gasteiger partial charge in [0.15, 0.2) is 0 Å². The molecule has 1 atom stereocenters. The minimum Gasteiger partial charge on any atom is -0.362 e. The van der Waals surface area contributed by atoms with Crippen LogP contribution in [0.25, 0.3) is 11.1 Å². The lowest BCUT2D eigenvalue weighted by Crippen LogP contribution is -2.11. The summed E-state index contributed by atoms with van der Waals surface area (Å²) in [7, 11) is 1.93. The van der Waals surface area contributed by atoms with Crippen molar-refractivity contribution in [1.29, 1.82) is 5.26 Å². The molecule has 7 heteroatoms. The zero-order chi connectivity index (χ0) is 22.7. The van der Waals surface area contributed by atoms with Crippen molar-refractivity contribution in [2.75, 3.05) is 0 Å². The Bertz CT molecular complexity index is 1310. The zero-order valence-corrected chi connectivity index (χ0v) is 20.5. The minimum absolute atomic E-state index is 0. The quantitative estimate of drug-likeness (QED) is 0.280. The van der Waals surface area contributed by atoms with E-state index >= 15 is 0 Å². The molecule has 0 saturated carbocycles. The molecule has 1 aromatic heterocycles. The Kier molecular flexibility index (Phi) is 8.18. The number of nitriles is 1. The number of nitrogens with zero attached hydrogens (tertiary/aromatic N) is 3. The number of ether oxygens (including phenoxy) is 1. The fraction of sp³-hybridized carbons (Fsp3) is 0.154. The first-order valence-electron chi connectivity index (χ1n) is 10.1. The van der Waals surface area contributed by atoms with Gasteiger partial charge in [-0.2, -0.15) is 5.26 Å². The predicted octanol–water partition coefficient (Wildman–Crippen LogP) is 7.30. The van der Waals surface area contributed by atoms with Crippen molar-refractivity contribution < 1.29 is 4.74 Å². The average molecular weight is 499 g/mol. The molecule has 0 fully saturated rings. The summed E-state index contributed by atoms with van der Waals surface area (Å²) in [5.74, 6) is 0. The SMILES string of the molecule is Cc1ccccc1-c1cc(C(OCc2ccc(Cl)cc2Cl)c2cncn2C)ccc1C#N.Cl. The summed E-state index contributed by atoms with van der Waals surface area (Å²) in [5.41, 5.74) is 6.29. The predicted molar refractivity (Wildman–Crippen MR) is 135 cm³/mol. The molecule has 0 amide bonds. The molecular weight excluding hydrogens is 477 g/mol. The molecule has 0 spiro atoms. The third-order valence-electron chi connectivity index (χ3n) is 5.45. The van der Waals surface area contributed by atoms with E-state index in [-0.39, 0.29) is 12.4 Å². The van der Waals surface area contributed by atoms with Crippen LogP contribution in [0.4, 0.5) is 0 Å². The van der Waals surface area contributed by atoms with Gasteiger partial charge >= 0.3 is 0 Å². The van der Waals surface area contributed by atoms with Crippen molar-refractivity contribution in [3.63, 3.8) is 0 Å². The van der Waals surface area contributed by atoms with E-state index in [1.165, 1.54) is 0 Å². The Morgan fingerprint density at radius 2 is 1.85 bits per heavy atom. The third-order valence-corrected chi connectivity index (χ3v) is 6.03. The van der Waals surface area contributed by atoms with E-state index in [1.54, 1.807) is 24.7 Å². The Balaban J connectivity index is 0.00000306. The maximum Gasteiger partial charge on any atom is 0.124 e. The topological polar surface area (TPSA) is 50.8 Å². The molecule has 0 aliphatic rings. The third kappa shape index (κ3) is 5.40. The lowest BCUT2D eigenvalue weighted by molar-refractivity contribution is 0.0623. The number of benzene rings is 3. The van der Waals surface area contributed by atoms with Crippen LogP contribution in [0.15, 0.2) is 73.2 Å². The second-order valence-electron chi connectivity index (χ2n) is 7.59. The van der Waals surface area contributed by atoms with Crippen LogP contribution in [0.3, 0.4) is 0 Å². The highest BCUT2D eigenvalue weighted by Crippen LogP contribution is 2.34. The first kappa shape index (κ1) is 24.8. The van der Waals surface area contributed by atoms with Gasteiger partial charge in [0.05, 0.1) is 36.5 Å². The summed E-state index contributed by atoms with van der Waals surface area (Å²) in [5, 5.41) is 10.8. The Morgan fingerprint density at radius 3 is 2.52 bits per heavy atom. The average Bonchev–Trinajstić information content (AvgIpc) is 3.21. The lowest BCUT2D eigenvalue weighted by atomic mass is 9.93. The van der Waals surface area contributed by atoms with E-state index in [2.05, 4.69) is 11.1 Å². The number of aryl methyl sites for hydroxylation is 2. The Morgan fingerprint density at radius 1 is 1.06 bits per heavy atom. The largest absolute Gasteiger partial charge is 0.362 e. The first-order chi connectivity index (χ1) is 15.5. The van der Waals surface area contributed by atoms with E-state index in [0.717, 1.165) is 33.5 Å². The first-order valence-corrected chi connectivity index (χ1v) is 10.9. The molecule has 0 bridgehead atoms. The molecule has 0 saturated heterocycles.